The zero-order valence-electron chi connectivity index (χ0n) is 15.7. The molecule has 3 nitrogen and oxygen atoms in total. The van der Waals surface area contributed by atoms with E-state index < -0.39 is 7.25 Å². The van der Waals surface area contributed by atoms with E-state index in [1.54, 1.807) is 8.61 Å². The molecule has 158 valence electrons. The minimum Gasteiger partial charge on any atom is -0.418 e. The SMILES string of the molecule is CCN(CC)SF.CCN(CC)SF.CCN([SH2+])CC.F[B-](F)(F)F. The summed E-state index contributed by atoms with van der Waals surface area (Å²) in [5, 5.41) is 0. The Labute approximate surface area is 163 Å². The second kappa shape index (κ2) is 24.6. The van der Waals surface area contributed by atoms with Gasteiger partial charge in [0, 0.05) is 52.1 Å². The van der Waals surface area contributed by atoms with Gasteiger partial charge in [-0.15, -0.1) is 12.1 Å². The third kappa shape index (κ3) is 45.6. The molecule has 0 N–H and O–H groups in total. The van der Waals surface area contributed by atoms with Crippen LogP contribution in [0.4, 0.5) is 25.0 Å². The molecule has 0 aromatic heterocycles. The van der Waals surface area contributed by atoms with Crippen LogP contribution in [0.5, 0.6) is 0 Å². The van der Waals surface area contributed by atoms with Gasteiger partial charge in [0.1, 0.15) is 24.7 Å². The fourth-order valence-electron chi connectivity index (χ4n) is 0.866. The van der Waals surface area contributed by atoms with Crippen LogP contribution in [0.15, 0.2) is 0 Å². The van der Waals surface area contributed by atoms with E-state index in [0.29, 0.717) is 24.7 Å². The summed E-state index contributed by atoms with van der Waals surface area (Å²) >= 11 is 3.96. The first kappa shape index (κ1) is 33.2. The number of halogens is 6. The molecule has 0 aliphatic heterocycles. The second-order valence-corrected chi connectivity index (χ2v) is 5.97. The molecule has 0 aliphatic rings. The minimum atomic E-state index is -6.00. The van der Waals surface area contributed by atoms with Crippen LogP contribution >= 0.6 is 24.7 Å². The summed E-state index contributed by atoms with van der Waals surface area (Å²) in [5.41, 5.74) is 0. The van der Waals surface area contributed by atoms with Crippen LogP contribution in [-0.2, 0) is 12.8 Å². The monoisotopic (exact) mass is 439 g/mol. The molecule has 0 aromatic carbocycles. The summed E-state index contributed by atoms with van der Waals surface area (Å²) in [5.74, 6) is 0. The van der Waals surface area contributed by atoms with Gasteiger partial charge in [-0.25, -0.2) is 8.61 Å². The van der Waals surface area contributed by atoms with Crippen LogP contribution in [0.25, 0.3) is 0 Å². The van der Waals surface area contributed by atoms with Crippen molar-refractivity contribution in [3.05, 3.63) is 0 Å². The van der Waals surface area contributed by atoms with E-state index in [4.69, 9.17) is 0 Å². The molecular weight excluding hydrogens is 407 g/mol. The average molecular weight is 439 g/mol. The smallest absolute Gasteiger partial charge is 0.418 e. The molecule has 0 fully saturated rings. The van der Waals surface area contributed by atoms with Gasteiger partial charge in [-0.05, 0) is 13.8 Å². The summed E-state index contributed by atoms with van der Waals surface area (Å²) in [6, 6.07) is 0. The first-order valence-electron chi connectivity index (χ1n) is 7.91. The van der Waals surface area contributed by atoms with Gasteiger partial charge in [0.2, 0.25) is 0 Å². The Hall–Kier alpha value is 0.575. The van der Waals surface area contributed by atoms with E-state index in [1.165, 1.54) is 0 Å². The predicted molar refractivity (Wildman–Crippen MR) is 107 cm³/mol. The molecule has 0 bridgehead atoms. The van der Waals surface area contributed by atoms with Crippen LogP contribution < -0.4 is 0 Å². The van der Waals surface area contributed by atoms with Gasteiger partial charge in [-0.2, -0.15) is 0 Å². The largest absolute Gasteiger partial charge is 0.673 e. The van der Waals surface area contributed by atoms with E-state index in [1.807, 2.05) is 27.7 Å². The van der Waals surface area contributed by atoms with E-state index >= 15 is 0 Å². The summed E-state index contributed by atoms with van der Waals surface area (Å²) in [7, 11) is -6.00. The van der Waals surface area contributed by atoms with Crippen molar-refractivity contribution in [3.63, 3.8) is 0 Å². The van der Waals surface area contributed by atoms with Crippen LogP contribution in [0.1, 0.15) is 41.5 Å². The van der Waals surface area contributed by atoms with Crippen LogP contribution in [0, 0.1) is 0 Å². The molecule has 0 atom stereocenters. The Morgan fingerprint density at radius 1 is 0.640 bits per heavy atom. The molecule has 0 saturated heterocycles. The molecule has 25 heavy (non-hydrogen) atoms. The summed E-state index contributed by atoms with van der Waals surface area (Å²) in [6.07, 6.45) is 0. The summed E-state index contributed by atoms with van der Waals surface area (Å²) in [4.78, 5) is 0. The first-order valence-corrected chi connectivity index (χ1v) is 9.70. The highest BCUT2D eigenvalue weighted by Crippen LogP contribution is 2.08. The lowest BCUT2D eigenvalue weighted by Crippen LogP contribution is -2.13. The average Bonchev–Trinajstić information content (AvgIpc) is 2.57. The van der Waals surface area contributed by atoms with Gasteiger partial charge >= 0.3 is 7.25 Å². The zero-order valence-corrected chi connectivity index (χ0v) is 18.4. The molecule has 0 aliphatic carbocycles. The highest BCUT2D eigenvalue weighted by atomic mass is 32.2. The van der Waals surface area contributed by atoms with Crippen molar-refractivity contribution < 1.29 is 25.0 Å². The fourth-order valence-corrected chi connectivity index (χ4v) is 1.26. The Kier molecular flexibility index (Phi) is 32.6. The maximum Gasteiger partial charge on any atom is 0.673 e. The molecule has 0 radical (unpaired) electrons. The van der Waals surface area contributed by atoms with E-state index in [0.717, 1.165) is 39.3 Å². The number of rotatable bonds is 8. The van der Waals surface area contributed by atoms with Crippen molar-refractivity contribution in [1.82, 2.24) is 12.9 Å². The van der Waals surface area contributed by atoms with Crippen LogP contribution in [0.3, 0.4) is 0 Å². The highest BCUT2D eigenvalue weighted by molar-refractivity contribution is 7.92. The van der Waals surface area contributed by atoms with Crippen LogP contribution in [-0.4, -0.2) is 59.4 Å². The Morgan fingerprint density at radius 3 is 0.840 bits per heavy atom. The predicted octanol–water partition coefficient (Wildman–Crippen LogP) is 5.28. The standard InChI is InChI=1S/2C4H10FNS.C4H11NS.BF4/c2*1-3-6(4-2)7-5;1-3-5(6)4-2;2-1(3,4)5/h2*3-4H2,1-2H3;6H,3-4H2,1-2H3;/q;;;-1/p+1. The van der Waals surface area contributed by atoms with Crippen molar-refractivity contribution in [2.75, 3.05) is 39.3 Å². The van der Waals surface area contributed by atoms with E-state index in [9.17, 15) is 25.0 Å². The zero-order chi connectivity index (χ0) is 20.9. The Bertz CT molecular complexity index is 206. The van der Waals surface area contributed by atoms with Gasteiger partial charge in [0.05, 0.1) is 0 Å². The molecule has 0 rings (SSSR count). The van der Waals surface area contributed by atoms with Crippen LogP contribution in [0.2, 0.25) is 0 Å². The quantitative estimate of drug-likeness (QED) is 0.220. The molecule has 13 heteroatoms. The van der Waals surface area contributed by atoms with Crippen molar-refractivity contribution in [1.29, 1.82) is 0 Å². The first-order chi connectivity index (χ1) is 11.5. The van der Waals surface area contributed by atoms with Gasteiger partial charge in [0.25, 0.3) is 0 Å². The lowest BCUT2D eigenvalue weighted by atomic mass is 10.3. The topological polar surface area (TPSA) is 9.72 Å². The molecule has 0 aromatic rings. The van der Waals surface area contributed by atoms with E-state index in [-0.39, 0.29) is 0 Å². The number of hydrogen-bond donors (Lipinski definition) is 0. The Balaban J connectivity index is -0.000000119. The van der Waals surface area contributed by atoms with Gasteiger partial charge in [-0.3, -0.25) is 0 Å². The number of hydrogen-bond acceptors (Lipinski definition) is 5. The minimum absolute atomic E-state index is 0.303. The second-order valence-electron chi connectivity index (χ2n) is 4.03. The normalized spacial score (nSPS) is 10.6. The lowest BCUT2D eigenvalue weighted by molar-refractivity contribution is 0.368. The molecule has 0 unspecified atom stereocenters. The van der Waals surface area contributed by atoms with Crippen molar-refractivity contribution in [3.8, 4) is 0 Å². The lowest BCUT2D eigenvalue weighted by Gasteiger charge is -2.07. The molecule has 0 saturated carbocycles. The maximum atomic E-state index is 11.5. The van der Waals surface area contributed by atoms with Crippen molar-refractivity contribution in [2.45, 2.75) is 41.5 Å². The van der Waals surface area contributed by atoms with Gasteiger partial charge < -0.3 is 17.3 Å². The maximum absolute atomic E-state index is 11.5. The molecule has 0 amide bonds. The third-order valence-electron chi connectivity index (χ3n) is 2.37. The fraction of sp³-hybridized carbons (Fsp3) is 1.00. The summed E-state index contributed by atoms with van der Waals surface area (Å²) < 4.78 is 67.3. The summed E-state index contributed by atoms with van der Waals surface area (Å²) in [6.45, 7) is 17.2. The van der Waals surface area contributed by atoms with Gasteiger partial charge in [0.15, 0.2) is 0 Å². The van der Waals surface area contributed by atoms with Crippen molar-refractivity contribution >= 4 is 44.7 Å². The highest BCUT2D eigenvalue weighted by Gasteiger charge is 2.20. The molecule has 0 spiro atoms. The third-order valence-corrected chi connectivity index (χ3v) is 4.43. The van der Waals surface area contributed by atoms with E-state index in [2.05, 4.69) is 31.0 Å². The number of nitrogens with zero attached hydrogens (tertiary/aromatic N) is 3. The molecule has 0 heterocycles. The molecular formula is C12H32BF6N3S3. The van der Waals surface area contributed by atoms with Crippen molar-refractivity contribution in [2.24, 2.45) is 0 Å². The van der Waals surface area contributed by atoms with Gasteiger partial charge in [-0.1, -0.05) is 27.7 Å². The Morgan fingerprint density at radius 2 is 0.840 bits per heavy atom.